The number of nitrogens with zero attached hydrogens (tertiary/aromatic N) is 1. The second kappa shape index (κ2) is 14.0. The number of thioether (sulfide) groups is 1. The molecule has 4 unspecified atom stereocenters. The van der Waals surface area contributed by atoms with Gasteiger partial charge in [-0.05, 0) is 49.3 Å². The summed E-state index contributed by atoms with van der Waals surface area (Å²) < 4.78 is 0. The van der Waals surface area contributed by atoms with Crippen LogP contribution >= 0.6 is 11.8 Å². The van der Waals surface area contributed by atoms with Crippen molar-refractivity contribution in [3.8, 4) is 0 Å². The number of carbonyl (C=O) groups excluding carboxylic acids is 3. The highest BCUT2D eigenvalue weighted by atomic mass is 32.2. The fraction of sp³-hybridized carbons (Fsp3) is 0.500. The molecule has 13 heteroatoms. The SMILES string of the molecule is CSCCC(NC(=O)C(Cc1c[nH]c2ccccc12)NC(=O)C(N)CCC(=O)O)C(=O)N1CCCC1C(=O)O. The Bertz CT molecular complexity index is 1200. The lowest BCUT2D eigenvalue weighted by molar-refractivity contribution is -0.149. The molecule has 4 atom stereocenters. The molecular formula is C26H35N5O7S. The van der Waals surface area contributed by atoms with Crippen LogP contribution in [0, 0.1) is 0 Å². The molecule has 0 radical (unpaired) electrons. The van der Waals surface area contributed by atoms with Crippen molar-refractivity contribution < 1.29 is 34.2 Å². The predicted octanol–water partition coefficient (Wildman–Crippen LogP) is 0.701. The van der Waals surface area contributed by atoms with Gasteiger partial charge in [0.2, 0.25) is 17.7 Å². The molecule has 7 N–H and O–H groups in total. The summed E-state index contributed by atoms with van der Waals surface area (Å²) in [5, 5.41) is 24.7. The number of H-pyrrole nitrogens is 1. The molecule has 3 amide bonds. The first kappa shape index (κ1) is 30.0. The van der Waals surface area contributed by atoms with Gasteiger partial charge in [0.05, 0.1) is 6.04 Å². The second-order valence-electron chi connectivity index (χ2n) is 9.53. The zero-order chi connectivity index (χ0) is 28.5. The fourth-order valence-corrected chi connectivity index (χ4v) is 5.14. The molecule has 2 heterocycles. The van der Waals surface area contributed by atoms with Crippen molar-refractivity contribution in [2.24, 2.45) is 5.73 Å². The van der Waals surface area contributed by atoms with E-state index in [1.807, 2.05) is 30.5 Å². The first-order valence-electron chi connectivity index (χ1n) is 12.8. The topological polar surface area (TPSA) is 195 Å². The summed E-state index contributed by atoms with van der Waals surface area (Å²) in [6.45, 7) is 0.287. The minimum absolute atomic E-state index is 0.0815. The highest BCUT2D eigenvalue weighted by Gasteiger charge is 2.38. The van der Waals surface area contributed by atoms with Gasteiger partial charge in [-0.1, -0.05) is 18.2 Å². The van der Waals surface area contributed by atoms with Gasteiger partial charge in [-0.2, -0.15) is 11.8 Å². The number of likely N-dealkylation sites (tertiary alicyclic amines) is 1. The Balaban J connectivity index is 1.83. The van der Waals surface area contributed by atoms with E-state index in [9.17, 15) is 29.1 Å². The van der Waals surface area contributed by atoms with E-state index in [1.54, 1.807) is 6.20 Å². The van der Waals surface area contributed by atoms with E-state index in [-0.39, 0.29) is 32.2 Å². The number of nitrogens with two attached hydrogens (primary N) is 1. The van der Waals surface area contributed by atoms with E-state index in [0.29, 0.717) is 18.6 Å². The van der Waals surface area contributed by atoms with Crippen LogP contribution in [0.25, 0.3) is 10.9 Å². The molecule has 1 aliphatic rings. The average molecular weight is 562 g/mol. The standard InChI is InChI=1S/C26H35N5O7S/c1-39-12-10-19(25(36)31-11-4-7-21(31)26(37)38)29-24(35)20(30-23(34)17(27)8-9-22(32)33)13-15-14-28-18-6-3-2-5-16(15)18/h2-3,5-6,14,17,19-21,28H,4,7-13,27H2,1H3,(H,29,35)(H,30,34)(H,32,33)(H,37,38). The van der Waals surface area contributed by atoms with Crippen LogP contribution in [0.15, 0.2) is 30.5 Å². The number of rotatable bonds is 14. The van der Waals surface area contributed by atoms with Crippen LogP contribution in [0.5, 0.6) is 0 Å². The van der Waals surface area contributed by atoms with Crippen LogP contribution in [0.1, 0.15) is 37.7 Å². The van der Waals surface area contributed by atoms with Crippen LogP contribution in [-0.4, -0.2) is 92.5 Å². The number of carboxylic acid groups (broad SMARTS) is 2. The summed E-state index contributed by atoms with van der Waals surface area (Å²) in [6.07, 6.45) is 4.44. The first-order valence-corrected chi connectivity index (χ1v) is 14.2. The van der Waals surface area contributed by atoms with Gasteiger partial charge >= 0.3 is 11.9 Å². The number of benzene rings is 1. The maximum atomic E-state index is 13.6. The van der Waals surface area contributed by atoms with Crippen LogP contribution in [0.4, 0.5) is 0 Å². The molecule has 1 fully saturated rings. The number of aromatic nitrogens is 1. The van der Waals surface area contributed by atoms with Crippen molar-refractivity contribution in [1.82, 2.24) is 20.5 Å². The molecule has 0 bridgehead atoms. The molecule has 1 aromatic carbocycles. The zero-order valence-corrected chi connectivity index (χ0v) is 22.5. The largest absolute Gasteiger partial charge is 0.481 e. The molecule has 0 saturated carbocycles. The van der Waals surface area contributed by atoms with E-state index in [2.05, 4.69) is 15.6 Å². The number of aromatic amines is 1. The van der Waals surface area contributed by atoms with Crippen LogP contribution in [0.2, 0.25) is 0 Å². The third-order valence-corrected chi connectivity index (χ3v) is 7.43. The molecule has 39 heavy (non-hydrogen) atoms. The Labute approximate surface area is 230 Å². The van der Waals surface area contributed by atoms with Gasteiger partial charge in [0.1, 0.15) is 18.1 Å². The number of carbonyl (C=O) groups is 5. The van der Waals surface area contributed by atoms with Gasteiger partial charge in [0.25, 0.3) is 0 Å². The molecule has 3 rings (SSSR count). The number of hydrogen-bond donors (Lipinski definition) is 6. The number of amides is 3. The number of fused-ring (bicyclic) bond motifs is 1. The lowest BCUT2D eigenvalue weighted by atomic mass is 10.0. The molecule has 2 aromatic rings. The predicted molar refractivity (Wildman–Crippen MR) is 146 cm³/mol. The summed E-state index contributed by atoms with van der Waals surface area (Å²) in [5.41, 5.74) is 7.48. The van der Waals surface area contributed by atoms with E-state index < -0.39 is 53.8 Å². The van der Waals surface area contributed by atoms with Gasteiger partial charge in [0.15, 0.2) is 0 Å². The maximum absolute atomic E-state index is 13.6. The Hall–Kier alpha value is -3.58. The van der Waals surface area contributed by atoms with Crippen molar-refractivity contribution >= 4 is 52.3 Å². The minimum Gasteiger partial charge on any atom is -0.481 e. The van der Waals surface area contributed by atoms with Gasteiger partial charge in [0, 0.05) is 36.5 Å². The Morgan fingerprint density at radius 2 is 1.82 bits per heavy atom. The molecule has 0 aliphatic carbocycles. The number of carboxylic acids is 2. The van der Waals surface area contributed by atoms with Crippen LogP contribution in [-0.2, 0) is 30.4 Å². The van der Waals surface area contributed by atoms with Crippen molar-refractivity contribution in [3.63, 3.8) is 0 Å². The van der Waals surface area contributed by atoms with Crippen LogP contribution < -0.4 is 16.4 Å². The van der Waals surface area contributed by atoms with Crippen molar-refractivity contribution in [2.45, 2.75) is 62.7 Å². The summed E-state index contributed by atoms with van der Waals surface area (Å²) in [5.74, 6) is -3.42. The van der Waals surface area contributed by atoms with Gasteiger partial charge < -0.3 is 36.5 Å². The molecule has 1 aliphatic heterocycles. The Morgan fingerprint density at radius 1 is 1.10 bits per heavy atom. The lowest BCUT2D eigenvalue weighted by Gasteiger charge is -2.29. The zero-order valence-electron chi connectivity index (χ0n) is 21.7. The summed E-state index contributed by atoms with van der Waals surface area (Å²) in [6, 6.07) is 3.27. The third-order valence-electron chi connectivity index (χ3n) is 6.78. The molecule has 212 valence electrons. The number of para-hydroxylation sites is 1. The van der Waals surface area contributed by atoms with E-state index in [4.69, 9.17) is 10.8 Å². The third kappa shape index (κ3) is 7.96. The van der Waals surface area contributed by atoms with Crippen molar-refractivity contribution in [2.75, 3.05) is 18.6 Å². The summed E-state index contributed by atoms with van der Waals surface area (Å²) >= 11 is 1.48. The van der Waals surface area contributed by atoms with E-state index in [1.165, 1.54) is 16.7 Å². The highest BCUT2D eigenvalue weighted by Crippen LogP contribution is 2.21. The smallest absolute Gasteiger partial charge is 0.326 e. The molecule has 0 spiro atoms. The number of aliphatic carboxylic acids is 2. The van der Waals surface area contributed by atoms with E-state index in [0.717, 1.165) is 16.5 Å². The van der Waals surface area contributed by atoms with Crippen molar-refractivity contribution in [3.05, 3.63) is 36.0 Å². The van der Waals surface area contributed by atoms with Crippen molar-refractivity contribution in [1.29, 1.82) is 0 Å². The van der Waals surface area contributed by atoms with Gasteiger partial charge in [-0.25, -0.2) is 4.79 Å². The fourth-order valence-electron chi connectivity index (χ4n) is 4.67. The minimum atomic E-state index is -1.14. The maximum Gasteiger partial charge on any atom is 0.326 e. The average Bonchev–Trinajstić information content (AvgIpc) is 3.56. The summed E-state index contributed by atoms with van der Waals surface area (Å²) in [7, 11) is 0. The molecule has 1 aromatic heterocycles. The Kier molecular flexibility index (Phi) is 10.8. The summed E-state index contributed by atoms with van der Waals surface area (Å²) in [4.78, 5) is 66.8. The van der Waals surface area contributed by atoms with E-state index >= 15 is 0 Å². The number of hydrogen-bond acceptors (Lipinski definition) is 7. The Morgan fingerprint density at radius 3 is 2.51 bits per heavy atom. The van der Waals surface area contributed by atoms with Gasteiger partial charge in [-0.3, -0.25) is 19.2 Å². The first-order chi connectivity index (χ1) is 18.6. The molecular weight excluding hydrogens is 526 g/mol. The quantitative estimate of drug-likeness (QED) is 0.192. The second-order valence-corrected chi connectivity index (χ2v) is 10.5. The van der Waals surface area contributed by atoms with Crippen LogP contribution in [0.3, 0.4) is 0 Å². The lowest BCUT2D eigenvalue weighted by Crippen LogP contribution is -2.57. The number of nitrogens with one attached hydrogen (secondary N) is 3. The van der Waals surface area contributed by atoms with Gasteiger partial charge in [-0.15, -0.1) is 0 Å². The molecule has 1 saturated heterocycles. The monoisotopic (exact) mass is 561 g/mol. The molecule has 12 nitrogen and oxygen atoms in total. The normalized spacial score (nSPS) is 17.4. The highest BCUT2D eigenvalue weighted by molar-refractivity contribution is 7.98.